The van der Waals surface area contributed by atoms with Crippen LogP contribution in [0.3, 0.4) is 0 Å². The van der Waals surface area contributed by atoms with Crippen molar-refractivity contribution in [2.75, 3.05) is 0 Å². The number of amides is 1. The number of hydrazine groups is 1. The Balaban J connectivity index is 2.29. The van der Waals surface area contributed by atoms with Gasteiger partial charge in [-0.3, -0.25) is 4.79 Å². The minimum absolute atomic E-state index is 0.287. The molecule has 3 N–H and O–H groups in total. The molecule has 0 fully saturated rings. The van der Waals surface area contributed by atoms with Crippen LogP contribution in [0.25, 0.3) is 0 Å². The topological polar surface area (TPSA) is 58.4 Å². The van der Waals surface area contributed by atoms with Gasteiger partial charge in [0.1, 0.15) is 5.82 Å². The predicted octanol–water partition coefficient (Wildman–Crippen LogP) is 2.59. The number of carbonyl (C=O) groups is 1. The van der Waals surface area contributed by atoms with Gasteiger partial charge >= 0.3 is 0 Å². The van der Waals surface area contributed by atoms with Crippen molar-refractivity contribution in [3.05, 3.63) is 57.5 Å². The molecule has 0 radical (unpaired) electrons. The highest BCUT2D eigenvalue weighted by Gasteiger charge is 2.20. The summed E-state index contributed by atoms with van der Waals surface area (Å²) in [6.07, 6.45) is 3.60. The zero-order valence-corrected chi connectivity index (χ0v) is 11.8. The smallest absolute Gasteiger partial charge is 0.268 e. The lowest BCUT2D eigenvalue weighted by atomic mass is 10.1. The normalized spacial score (nSPS) is 17.5. The standard InChI is InChI=1S/C13H13Cl2N3O/c1-2-12-17-8(7-13(19)18(12)16)6-9-10(14)4-3-5-11(9)15/h2-5,7,17H,6,16H2,1H3/b12-2-. The first-order valence-corrected chi connectivity index (χ1v) is 6.44. The summed E-state index contributed by atoms with van der Waals surface area (Å²) in [6.45, 7) is 1.79. The van der Waals surface area contributed by atoms with Gasteiger partial charge in [0.25, 0.3) is 5.91 Å². The first-order chi connectivity index (χ1) is 9.02. The lowest BCUT2D eigenvalue weighted by Crippen LogP contribution is -2.44. The first-order valence-electron chi connectivity index (χ1n) is 5.68. The summed E-state index contributed by atoms with van der Waals surface area (Å²) in [7, 11) is 0. The molecule has 6 heteroatoms. The summed E-state index contributed by atoms with van der Waals surface area (Å²) >= 11 is 12.2. The van der Waals surface area contributed by atoms with Crippen molar-refractivity contribution in [2.24, 2.45) is 5.84 Å². The first kappa shape index (κ1) is 13.9. The Morgan fingerprint density at radius 3 is 2.58 bits per heavy atom. The maximum Gasteiger partial charge on any atom is 0.268 e. The van der Waals surface area contributed by atoms with Crippen LogP contribution in [0.15, 0.2) is 41.9 Å². The van der Waals surface area contributed by atoms with E-state index in [0.717, 1.165) is 10.6 Å². The van der Waals surface area contributed by atoms with Crippen LogP contribution in [-0.4, -0.2) is 10.9 Å². The van der Waals surface area contributed by atoms with E-state index in [1.165, 1.54) is 6.08 Å². The van der Waals surface area contributed by atoms with Gasteiger partial charge in [0.2, 0.25) is 0 Å². The Morgan fingerprint density at radius 1 is 1.37 bits per heavy atom. The molecule has 4 nitrogen and oxygen atoms in total. The van der Waals surface area contributed by atoms with Crippen LogP contribution in [0, 0.1) is 0 Å². The van der Waals surface area contributed by atoms with Crippen molar-refractivity contribution in [1.29, 1.82) is 0 Å². The van der Waals surface area contributed by atoms with Crippen LogP contribution < -0.4 is 11.2 Å². The molecule has 2 rings (SSSR count). The molecule has 100 valence electrons. The molecule has 19 heavy (non-hydrogen) atoms. The summed E-state index contributed by atoms with van der Waals surface area (Å²) < 4.78 is 0. The van der Waals surface area contributed by atoms with Gasteiger partial charge in [0, 0.05) is 28.2 Å². The average Bonchev–Trinajstić information content (AvgIpc) is 2.38. The van der Waals surface area contributed by atoms with Crippen molar-refractivity contribution < 1.29 is 4.79 Å². The van der Waals surface area contributed by atoms with E-state index < -0.39 is 0 Å². The van der Waals surface area contributed by atoms with Crippen LogP contribution >= 0.6 is 23.2 Å². The van der Waals surface area contributed by atoms with E-state index in [1.807, 2.05) is 0 Å². The Kier molecular flexibility index (Phi) is 4.14. The second-order valence-corrected chi connectivity index (χ2v) is 4.87. The van der Waals surface area contributed by atoms with E-state index in [2.05, 4.69) is 5.32 Å². The Hall–Kier alpha value is -1.49. The molecule has 0 unspecified atom stereocenters. The summed E-state index contributed by atoms with van der Waals surface area (Å²) in [6, 6.07) is 5.31. The molecule has 1 aromatic carbocycles. The van der Waals surface area contributed by atoms with E-state index in [-0.39, 0.29) is 5.91 Å². The molecule has 0 saturated heterocycles. The summed E-state index contributed by atoms with van der Waals surface area (Å²) in [5.41, 5.74) is 1.48. The largest absolute Gasteiger partial charge is 0.344 e. The third-order valence-corrected chi connectivity index (χ3v) is 3.49. The van der Waals surface area contributed by atoms with Crippen LogP contribution in [0.2, 0.25) is 10.0 Å². The number of carbonyl (C=O) groups excluding carboxylic acids is 1. The molecule has 1 aliphatic heterocycles. The van der Waals surface area contributed by atoms with Gasteiger partial charge in [-0.2, -0.15) is 0 Å². The van der Waals surface area contributed by atoms with Crippen LogP contribution in [-0.2, 0) is 11.2 Å². The van der Waals surface area contributed by atoms with Gasteiger partial charge in [-0.25, -0.2) is 10.9 Å². The Labute approximate surface area is 121 Å². The number of rotatable bonds is 2. The number of halogens is 2. The summed E-state index contributed by atoms with van der Waals surface area (Å²) in [5.74, 6) is 5.85. The highest BCUT2D eigenvalue weighted by molar-refractivity contribution is 6.36. The quantitative estimate of drug-likeness (QED) is 0.652. The Morgan fingerprint density at radius 2 is 2.00 bits per heavy atom. The fourth-order valence-corrected chi connectivity index (χ4v) is 2.33. The fraction of sp³-hybridized carbons (Fsp3) is 0.154. The fourth-order valence-electron chi connectivity index (χ4n) is 1.80. The summed E-state index contributed by atoms with van der Waals surface area (Å²) in [4.78, 5) is 11.7. The van der Waals surface area contributed by atoms with Crippen molar-refractivity contribution in [3.63, 3.8) is 0 Å². The molecular formula is C13H13Cl2N3O. The van der Waals surface area contributed by atoms with Crippen molar-refractivity contribution in [1.82, 2.24) is 10.3 Å². The second kappa shape index (κ2) is 5.65. The van der Waals surface area contributed by atoms with E-state index >= 15 is 0 Å². The molecule has 0 aromatic heterocycles. The van der Waals surface area contributed by atoms with Gasteiger partial charge in [-0.05, 0) is 30.7 Å². The highest BCUT2D eigenvalue weighted by atomic mass is 35.5. The van der Waals surface area contributed by atoms with Gasteiger partial charge in [0.15, 0.2) is 0 Å². The van der Waals surface area contributed by atoms with Crippen LogP contribution in [0.5, 0.6) is 0 Å². The lowest BCUT2D eigenvalue weighted by Gasteiger charge is -2.26. The predicted molar refractivity (Wildman–Crippen MR) is 76.2 cm³/mol. The molecule has 0 spiro atoms. The number of hydrogen-bond donors (Lipinski definition) is 2. The molecule has 0 bridgehead atoms. The number of nitrogens with two attached hydrogens (primary N) is 1. The molecule has 0 saturated carbocycles. The summed E-state index contributed by atoms with van der Waals surface area (Å²) in [5, 5.41) is 5.26. The van der Waals surface area contributed by atoms with Crippen molar-refractivity contribution in [2.45, 2.75) is 13.3 Å². The number of allylic oxidation sites excluding steroid dienone is 2. The van der Waals surface area contributed by atoms with Crippen LogP contribution in [0.4, 0.5) is 0 Å². The average molecular weight is 298 g/mol. The van der Waals surface area contributed by atoms with Gasteiger partial charge in [0.05, 0.1) is 0 Å². The van der Waals surface area contributed by atoms with Gasteiger partial charge < -0.3 is 5.32 Å². The monoisotopic (exact) mass is 297 g/mol. The molecular weight excluding hydrogens is 285 g/mol. The highest BCUT2D eigenvalue weighted by Crippen LogP contribution is 2.27. The van der Waals surface area contributed by atoms with E-state index in [1.54, 1.807) is 31.2 Å². The molecule has 1 amide bonds. The van der Waals surface area contributed by atoms with Crippen molar-refractivity contribution >= 4 is 29.1 Å². The van der Waals surface area contributed by atoms with Crippen molar-refractivity contribution in [3.8, 4) is 0 Å². The number of hydrogen-bond acceptors (Lipinski definition) is 3. The molecule has 1 aromatic rings. The van der Waals surface area contributed by atoms with Gasteiger partial charge in [-0.15, -0.1) is 0 Å². The van der Waals surface area contributed by atoms with Crippen LogP contribution in [0.1, 0.15) is 12.5 Å². The SMILES string of the molecule is C/C=C1/NC(Cc2c(Cl)cccc2Cl)=CC(=O)N1N. The molecule has 0 aliphatic carbocycles. The zero-order valence-electron chi connectivity index (χ0n) is 10.3. The number of nitrogens with zero attached hydrogens (tertiary/aromatic N) is 1. The number of nitrogens with one attached hydrogen (secondary N) is 1. The van der Waals surface area contributed by atoms with E-state index in [9.17, 15) is 4.79 Å². The number of benzene rings is 1. The third-order valence-electron chi connectivity index (χ3n) is 2.79. The minimum atomic E-state index is -0.287. The van der Waals surface area contributed by atoms with E-state index in [0.29, 0.717) is 28.0 Å². The third kappa shape index (κ3) is 2.92. The van der Waals surface area contributed by atoms with Gasteiger partial charge in [-0.1, -0.05) is 29.3 Å². The molecule has 1 aliphatic rings. The molecule has 1 heterocycles. The minimum Gasteiger partial charge on any atom is -0.344 e. The lowest BCUT2D eigenvalue weighted by molar-refractivity contribution is -0.125. The van der Waals surface area contributed by atoms with E-state index in [4.69, 9.17) is 29.0 Å². The Bertz CT molecular complexity index is 561. The second-order valence-electron chi connectivity index (χ2n) is 4.05. The molecule has 0 atom stereocenters. The zero-order chi connectivity index (χ0) is 14.0. The maximum absolute atomic E-state index is 11.7. The maximum atomic E-state index is 11.7.